The van der Waals surface area contributed by atoms with E-state index in [-0.39, 0.29) is 6.10 Å². The normalized spacial score (nSPS) is 12.1. The Balaban J connectivity index is 0.000000198. The highest BCUT2D eigenvalue weighted by molar-refractivity contribution is 5.75. The van der Waals surface area contributed by atoms with Gasteiger partial charge in [-0.25, -0.2) is 0 Å². The summed E-state index contributed by atoms with van der Waals surface area (Å²) in [7, 11) is 0. The molecule has 0 heterocycles. The van der Waals surface area contributed by atoms with E-state index in [1.54, 1.807) is 0 Å². The first-order chi connectivity index (χ1) is 9.70. The molecule has 2 aliphatic rings. The molecule has 0 radical (unpaired) electrons. The van der Waals surface area contributed by atoms with E-state index in [2.05, 4.69) is 43.0 Å². The molecule has 0 amide bonds. The molecule has 0 bridgehead atoms. The average molecular weight is 266 g/mol. The van der Waals surface area contributed by atoms with E-state index < -0.39 is 0 Å². The number of fused-ring (bicyclic) bond motifs is 1. The maximum absolute atomic E-state index is 5.68. The maximum Gasteiger partial charge on any atom is 0.0861 e. The molecule has 0 fully saturated rings. The second-order valence-electron chi connectivity index (χ2n) is 5.09. The third-order valence-electron chi connectivity index (χ3n) is 3.29. The van der Waals surface area contributed by atoms with E-state index in [1.165, 1.54) is 16.7 Å². The Morgan fingerprint density at radius 2 is 1.55 bits per heavy atom. The Hall–Kier alpha value is -1.86. The van der Waals surface area contributed by atoms with Crippen LogP contribution >= 0.6 is 0 Å². The van der Waals surface area contributed by atoms with Crippen molar-refractivity contribution in [3.63, 3.8) is 0 Å². The molecule has 0 N–H and O–H groups in total. The zero-order chi connectivity index (χ0) is 14.4. The van der Waals surface area contributed by atoms with Crippen LogP contribution in [0.1, 0.15) is 31.9 Å². The summed E-state index contributed by atoms with van der Waals surface area (Å²) < 4.78 is 5.68. The van der Waals surface area contributed by atoms with Crippen molar-refractivity contribution >= 4 is 0 Å². The summed E-state index contributed by atoms with van der Waals surface area (Å²) >= 11 is 0. The summed E-state index contributed by atoms with van der Waals surface area (Å²) in [5, 5.41) is 0. The molecule has 1 unspecified atom stereocenters. The number of ether oxygens (including phenoxy) is 1. The Kier molecular flexibility index (Phi) is 5.14. The molecule has 1 nitrogen and oxygen atoms in total. The predicted octanol–water partition coefficient (Wildman–Crippen LogP) is 5.40. The Bertz CT molecular complexity index is 519. The van der Waals surface area contributed by atoms with Crippen LogP contribution < -0.4 is 0 Å². The van der Waals surface area contributed by atoms with Crippen LogP contribution in [0.4, 0.5) is 0 Å². The van der Waals surface area contributed by atoms with E-state index >= 15 is 0 Å². The molecule has 20 heavy (non-hydrogen) atoms. The van der Waals surface area contributed by atoms with Crippen LogP contribution in [0.5, 0.6) is 0 Å². The molecule has 1 aromatic carbocycles. The molecule has 0 saturated carbocycles. The smallest absolute Gasteiger partial charge is 0.0861 e. The monoisotopic (exact) mass is 266 g/mol. The maximum atomic E-state index is 5.68. The lowest BCUT2D eigenvalue weighted by molar-refractivity contribution is 0.0629. The second-order valence-corrected chi connectivity index (χ2v) is 5.09. The molecule has 0 saturated heterocycles. The SMILES string of the molecule is C=C(C)CC(OCC)c1ccccc1.c1cc2ccc1-2. The van der Waals surface area contributed by atoms with Crippen molar-refractivity contribution in [3.8, 4) is 11.1 Å². The molecule has 104 valence electrons. The van der Waals surface area contributed by atoms with Crippen molar-refractivity contribution in [1.82, 2.24) is 0 Å². The summed E-state index contributed by atoms with van der Waals surface area (Å²) in [6, 6.07) is 18.8. The first kappa shape index (κ1) is 14.5. The van der Waals surface area contributed by atoms with Gasteiger partial charge in [0.25, 0.3) is 0 Å². The van der Waals surface area contributed by atoms with Gasteiger partial charge in [-0.05, 0) is 37.0 Å². The zero-order valence-electron chi connectivity index (χ0n) is 12.3. The quantitative estimate of drug-likeness (QED) is 0.562. The van der Waals surface area contributed by atoms with Gasteiger partial charge in [0.1, 0.15) is 0 Å². The minimum atomic E-state index is 0.165. The van der Waals surface area contributed by atoms with Crippen LogP contribution in [0.15, 0.2) is 66.7 Å². The van der Waals surface area contributed by atoms with Gasteiger partial charge in [0.15, 0.2) is 0 Å². The highest BCUT2D eigenvalue weighted by atomic mass is 16.5. The lowest BCUT2D eigenvalue weighted by Gasteiger charge is -2.17. The van der Waals surface area contributed by atoms with Gasteiger partial charge in [0.2, 0.25) is 0 Å². The topological polar surface area (TPSA) is 9.23 Å². The van der Waals surface area contributed by atoms with Crippen molar-refractivity contribution in [1.29, 1.82) is 0 Å². The predicted molar refractivity (Wildman–Crippen MR) is 85.7 cm³/mol. The summed E-state index contributed by atoms with van der Waals surface area (Å²) in [6.07, 6.45) is 1.07. The molecule has 1 aromatic rings. The Labute approximate surface area is 121 Å². The number of hydrogen-bond donors (Lipinski definition) is 0. The largest absolute Gasteiger partial charge is 0.373 e. The van der Waals surface area contributed by atoms with Crippen molar-refractivity contribution in [3.05, 3.63) is 72.3 Å². The van der Waals surface area contributed by atoms with Crippen molar-refractivity contribution < 1.29 is 4.74 Å². The molecule has 3 rings (SSSR count). The van der Waals surface area contributed by atoms with Gasteiger partial charge in [-0.3, -0.25) is 0 Å². The van der Waals surface area contributed by atoms with E-state index in [0.717, 1.165) is 18.6 Å². The summed E-state index contributed by atoms with van der Waals surface area (Å²) in [5.74, 6) is 0. The van der Waals surface area contributed by atoms with Gasteiger partial charge in [0.05, 0.1) is 6.10 Å². The van der Waals surface area contributed by atoms with Crippen molar-refractivity contribution in [2.45, 2.75) is 26.4 Å². The Morgan fingerprint density at radius 1 is 1.00 bits per heavy atom. The number of benzene rings is 2. The van der Waals surface area contributed by atoms with Gasteiger partial charge in [-0.15, -0.1) is 6.58 Å². The molecular formula is C19H22O. The number of hydrogen-bond acceptors (Lipinski definition) is 1. The van der Waals surface area contributed by atoms with Crippen LogP contribution in [0.2, 0.25) is 0 Å². The van der Waals surface area contributed by atoms with E-state index in [1.807, 2.05) is 32.0 Å². The molecule has 0 spiro atoms. The van der Waals surface area contributed by atoms with Crippen LogP contribution in [0.25, 0.3) is 11.1 Å². The summed E-state index contributed by atoms with van der Waals surface area (Å²) in [5.41, 5.74) is 5.25. The van der Waals surface area contributed by atoms with Crippen LogP contribution in [-0.2, 0) is 4.74 Å². The van der Waals surface area contributed by atoms with Crippen molar-refractivity contribution in [2.75, 3.05) is 6.61 Å². The van der Waals surface area contributed by atoms with Gasteiger partial charge >= 0.3 is 0 Å². The molecule has 1 atom stereocenters. The molecular weight excluding hydrogens is 244 g/mol. The third-order valence-corrected chi connectivity index (χ3v) is 3.29. The average Bonchev–Trinajstić information content (AvgIpc) is 2.43. The van der Waals surface area contributed by atoms with Crippen molar-refractivity contribution in [2.24, 2.45) is 0 Å². The zero-order valence-corrected chi connectivity index (χ0v) is 12.3. The Morgan fingerprint density at radius 3 is 1.90 bits per heavy atom. The van der Waals surface area contributed by atoms with E-state index in [9.17, 15) is 0 Å². The first-order valence-electron chi connectivity index (χ1n) is 7.12. The summed E-state index contributed by atoms with van der Waals surface area (Å²) in [6.45, 7) is 8.72. The second kappa shape index (κ2) is 7.06. The molecule has 0 aliphatic heterocycles. The van der Waals surface area contributed by atoms with Gasteiger partial charge < -0.3 is 4.74 Å². The lowest BCUT2D eigenvalue weighted by Crippen LogP contribution is -2.04. The molecule has 1 heteroatoms. The summed E-state index contributed by atoms with van der Waals surface area (Å²) in [4.78, 5) is 0. The fraction of sp³-hybridized carbons (Fsp3) is 0.263. The van der Waals surface area contributed by atoms with Gasteiger partial charge in [-0.1, -0.05) is 60.2 Å². The minimum absolute atomic E-state index is 0.165. The highest BCUT2D eigenvalue weighted by Gasteiger charge is 2.10. The van der Waals surface area contributed by atoms with E-state index in [0.29, 0.717) is 0 Å². The first-order valence-corrected chi connectivity index (χ1v) is 7.12. The third kappa shape index (κ3) is 3.82. The standard InChI is InChI=1S/C13H18O.C6H4/c1-4-14-13(10-11(2)3)12-8-6-5-7-9-12;1-2-6-4-3-5(1)6/h5-9,13H,2,4,10H2,1,3H3;1-4H. The van der Waals surface area contributed by atoms with Crippen LogP contribution in [0.3, 0.4) is 0 Å². The van der Waals surface area contributed by atoms with Gasteiger partial charge in [-0.2, -0.15) is 0 Å². The van der Waals surface area contributed by atoms with Gasteiger partial charge in [0, 0.05) is 6.61 Å². The van der Waals surface area contributed by atoms with Crippen LogP contribution in [-0.4, -0.2) is 6.61 Å². The van der Waals surface area contributed by atoms with E-state index in [4.69, 9.17) is 4.74 Å². The number of rotatable bonds is 5. The van der Waals surface area contributed by atoms with Crippen LogP contribution in [0, 0.1) is 0 Å². The highest BCUT2D eigenvalue weighted by Crippen LogP contribution is 2.29. The molecule has 2 aliphatic carbocycles. The lowest BCUT2D eigenvalue weighted by atomic mass is 9.95. The fourth-order valence-electron chi connectivity index (χ4n) is 2.12. The minimum Gasteiger partial charge on any atom is -0.373 e. The molecule has 0 aromatic heterocycles. The fourth-order valence-corrected chi connectivity index (χ4v) is 2.12.